The first kappa shape index (κ1) is 22.5. The maximum absolute atomic E-state index is 13.1. The summed E-state index contributed by atoms with van der Waals surface area (Å²) in [5.41, 5.74) is 0.957. The van der Waals surface area contributed by atoms with Gasteiger partial charge in [-0.15, -0.1) is 11.8 Å². The van der Waals surface area contributed by atoms with Crippen molar-refractivity contribution < 1.29 is 24.3 Å². The van der Waals surface area contributed by atoms with Crippen molar-refractivity contribution in [3.05, 3.63) is 71.8 Å². The number of carbonyl (C=O) groups is 4. The van der Waals surface area contributed by atoms with Crippen molar-refractivity contribution in [2.45, 2.75) is 11.3 Å². The first-order valence-corrected chi connectivity index (χ1v) is 12.1. The first-order valence-electron chi connectivity index (χ1n) is 9.06. The van der Waals surface area contributed by atoms with Gasteiger partial charge in [-0.1, -0.05) is 84.2 Å². The van der Waals surface area contributed by atoms with Crippen LogP contribution in [0.3, 0.4) is 0 Å². The predicted octanol–water partition coefficient (Wildman–Crippen LogP) is 3.49. The Hall–Kier alpha value is -2.23. The normalized spacial score (nSPS) is 16.8. The number of hydrogen-bond acceptors (Lipinski definition) is 7. The van der Waals surface area contributed by atoms with Gasteiger partial charge in [0.2, 0.25) is 16.1 Å². The van der Waals surface area contributed by atoms with E-state index in [0.29, 0.717) is 16.9 Å². The smallest absolute Gasteiger partial charge is 0.327 e. The first-order chi connectivity index (χ1) is 14.5. The second-order valence-electron chi connectivity index (χ2n) is 6.39. The van der Waals surface area contributed by atoms with Crippen molar-refractivity contribution in [1.29, 1.82) is 0 Å². The van der Waals surface area contributed by atoms with E-state index in [4.69, 9.17) is 0 Å². The molecular weight excluding hydrogens is 442 g/mol. The molecule has 2 unspecified atom stereocenters. The zero-order valence-corrected chi connectivity index (χ0v) is 18.3. The van der Waals surface area contributed by atoms with Crippen LogP contribution in [-0.4, -0.2) is 60.8 Å². The summed E-state index contributed by atoms with van der Waals surface area (Å²) in [5, 5.41) is 8.04. The van der Waals surface area contributed by atoms with Crippen molar-refractivity contribution in [1.82, 2.24) is 4.90 Å². The maximum Gasteiger partial charge on any atom is 0.327 e. The summed E-state index contributed by atoms with van der Waals surface area (Å²) in [7, 11) is 0. The molecule has 0 spiro atoms. The molecule has 0 saturated carbocycles. The number of aliphatic carboxylic acids is 1. The fourth-order valence-electron chi connectivity index (χ4n) is 2.79. The van der Waals surface area contributed by atoms with Crippen molar-refractivity contribution in [3.8, 4) is 0 Å². The summed E-state index contributed by atoms with van der Waals surface area (Å²) in [4.78, 5) is 51.1. The van der Waals surface area contributed by atoms with Crippen LogP contribution in [0.2, 0.25) is 0 Å². The highest BCUT2D eigenvalue weighted by atomic mass is 32.2. The van der Waals surface area contributed by atoms with Crippen molar-refractivity contribution >= 4 is 57.4 Å². The van der Waals surface area contributed by atoms with E-state index in [9.17, 15) is 24.3 Å². The molecule has 30 heavy (non-hydrogen) atoms. The third kappa shape index (κ3) is 5.68. The number of amides is 1. The molecule has 1 aliphatic rings. The quantitative estimate of drug-likeness (QED) is 0.670. The number of carbonyl (C=O) groups excluding carboxylic acids is 3. The van der Waals surface area contributed by atoms with E-state index in [0.717, 1.165) is 23.5 Å². The predicted molar refractivity (Wildman–Crippen MR) is 121 cm³/mol. The number of benzene rings is 2. The standard InChI is InChI=1S/C21H19NO5S3/c23-18(22-13-28-11-16(22)19(24)25)17(30-21(27)15-9-5-2-6-10-15)12-29-20(26)14-7-3-1-4-8-14/h1-10,16-17H,11-13H2,(H,24,25). The van der Waals surface area contributed by atoms with Gasteiger partial charge in [0, 0.05) is 22.6 Å². The average molecular weight is 462 g/mol. The summed E-state index contributed by atoms with van der Waals surface area (Å²) in [6.45, 7) is 0. The van der Waals surface area contributed by atoms with Crippen molar-refractivity contribution in [2.75, 3.05) is 17.4 Å². The van der Waals surface area contributed by atoms with E-state index in [-0.39, 0.29) is 21.9 Å². The van der Waals surface area contributed by atoms with Gasteiger partial charge in [-0.05, 0) is 0 Å². The molecule has 0 radical (unpaired) electrons. The van der Waals surface area contributed by atoms with Crippen LogP contribution >= 0.6 is 35.3 Å². The van der Waals surface area contributed by atoms with E-state index in [1.165, 1.54) is 16.7 Å². The zero-order chi connectivity index (χ0) is 21.5. The molecule has 1 aliphatic heterocycles. The van der Waals surface area contributed by atoms with Crippen LogP contribution in [-0.2, 0) is 9.59 Å². The third-order valence-corrected chi connectivity index (χ3v) is 7.68. The van der Waals surface area contributed by atoms with Gasteiger partial charge in [-0.2, -0.15) is 0 Å². The fourth-order valence-corrected chi connectivity index (χ4v) is 5.93. The number of carboxylic acid groups (broad SMARTS) is 1. The minimum atomic E-state index is -1.07. The van der Waals surface area contributed by atoms with Gasteiger partial charge < -0.3 is 10.0 Å². The van der Waals surface area contributed by atoms with Crippen LogP contribution in [0.1, 0.15) is 20.7 Å². The van der Waals surface area contributed by atoms with Gasteiger partial charge in [0.1, 0.15) is 11.3 Å². The molecule has 0 bridgehead atoms. The Morgan fingerprint density at radius 3 is 2.10 bits per heavy atom. The lowest BCUT2D eigenvalue weighted by Gasteiger charge is -2.25. The Morgan fingerprint density at radius 2 is 1.53 bits per heavy atom. The van der Waals surface area contributed by atoms with Gasteiger partial charge >= 0.3 is 5.97 Å². The Bertz CT molecular complexity index is 923. The Morgan fingerprint density at radius 1 is 0.967 bits per heavy atom. The molecule has 1 heterocycles. The Kier molecular flexibility index (Phi) is 8.01. The molecular formula is C21H19NO5S3. The van der Waals surface area contributed by atoms with Gasteiger partial charge in [0.25, 0.3) is 0 Å². The van der Waals surface area contributed by atoms with Gasteiger partial charge in [-0.25, -0.2) is 4.79 Å². The molecule has 9 heteroatoms. The fraction of sp³-hybridized carbons (Fsp3) is 0.238. The minimum absolute atomic E-state index is 0.0727. The van der Waals surface area contributed by atoms with Crippen LogP contribution in [0.15, 0.2) is 60.7 Å². The lowest BCUT2D eigenvalue weighted by Crippen LogP contribution is -2.46. The van der Waals surface area contributed by atoms with Crippen LogP contribution in [0, 0.1) is 0 Å². The van der Waals surface area contributed by atoms with Crippen LogP contribution in [0.4, 0.5) is 0 Å². The molecule has 6 nitrogen and oxygen atoms in total. The number of hydrogen-bond donors (Lipinski definition) is 1. The average Bonchev–Trinajstić information content (AvgIpc) is 3.27. The van der Waals surface area contributed by atoms with Crippen LogP contribution in [0.25, 0.3) is 0 Å². The SMILES string of the molecule is O=C(SCC(SC(=O)c1ccccc1)C(=O)N1CSCC1C(=O)O)c1ccccc1. The molecule has 0 aliphatic carbocycles. The summed E-state index contributed by atoms with van der Waals surface area (Å²) in [6.07, 6.45) is 0. The van der Waals surface area contributed by atoms with Gasteiger partial charge in [0.05, 0.1) is 5.88 Å². The largest absolute Gasteiger partial charge is 0.480 e. The van der Waals surface area contributed by atoms with E-state index >= 15 is 0 Å². The third-order valence-electron chi connectivity index (χ3n) is 4.36. The molecule has 2 atom stereocenters. The van der Waals surface area contributed by atoms with E-state index in [1.807, 2.05) is 0 Å². The lowest BCUT2D eigenvalue weighted by molar-refractivity contribution is -0.147. The summed E-state index contributed by atoms with van der Waals surface area (Å²) in [5.74, 6) is -0.872. The molecule has 156 valence electrons. The minimum Gasteiger partial charge on any atom is -0.480 e. The van der Waals surface area contributed by atoms with Gasteiger partial charge in [-0.3, -0.25) is 14.4 Å². The molecule has 3 rings (SSSR count). The molecule has 1 fully saturated rings. The van der Waals surface area contributed by atoms with Crippen LogP contribution in [0.5, 0.6) is 0 Å². The lowest BCUT2D eigenvalue weighted by atomic mass is 10.2. The summed E-state index contributed by atoms with van der Waals surface area (Å²) >= 11 is 3.15. The van der Waals surface area contributed by atoms with Crippen LogP contribution < -0.4 is 0 Å². The highest BCUT2D eigenvalue weighted by Crippen LogP contribution is 2.29. The van der Waals surface area contributed by atoms with Crippen molar-refractivity contribution in [3.63, 3.8) is 0 Å². The molecule has 1 amide bonds. The zero-order valence-electron chi connectivity index (χ0n) is 15.8. The molecule has 2 aromatic rings. The summed E-state index contributed by atoms with van der Waals surface area (Å²) in [6, 6.07) is 16.3. The molecule has 2 aromatic carbocycles. The molecule has 1 saturated heterocycles. The number of rotatable bonds is 7. The number of carboxylic acids is 1. The Balaban J connectivity index is 1.75. The Labute approximate surface area is 186 Å². The number of thioether (sulfide) groups is 3. The molecule has 0 aromatic heterocycles. The van der Waals surface area contributed by atoms with E-state index in [2.05, 4.69) is 0 Å². The summed E-state index contributed by atoms with van der Waals surface area (Å²) < 4.78 is 0. The monoisotopic (exact) mass is 461 g/mol. The highest BCUT2D eigenvalue weighted by Gasteiger charge is 2.39. The van der Waals surface area contributed by atoms with Gasteiger partial charge in [0.15, 0.2) is 0 Å². The number of nitrogens with zero attached hydrogens (tertiary/aromatic N) is 1. The van der Waals surface area contributed by atoms with E-state index in [1.54, 1.807) is 60.7 Å². The highest BCUT2D eigenvalue weighted by molar-refractivity contribution is 8.18. The second kappa shape index (κ2) is 10.7. The second-order valence-corrected chi connectivity index (χ2v) is 9.55. The van der Waals surface area contributed by atoms with E-state index < -0.39 is 23.2 Å². The maximum atomic E-state index is 13.1. The topological polar surface area (TPSA) is 91.8 Å². The molecule has 1 N–H and O–H groups in total. The van der Waals surface area contributed by atoms with Crippen molar-refractivity contribution in [2.24, 2.45) is 0 Å².